The molecule has 44 heavy (non-hydrogen) atoms. The second-order valence-electron chi connectivity index (χ2n) is 12.4. The first-order valence-corrected chi connectivity index (χ1v) is 18.6. The van der Waals surface area contributed by atoms with E-state index in [4.69, 9.17) is 9.84 Å². The van der Waals surface area contributed by atoms with E-state index in [2.05, 4.69) is 62.5 Å². The van der Waals surface area contributed by atoms with Crippen molar-refractivity contribution in [2.45, 2.75) is 193 Å². The van der Waals surface area contributed by atoms with Gasteiger partial charge in [0.15, 0.2) is 0 Å². The summed E-state index contributed by atoms with van der Waals surface area (Å²) in [7, 11) is 0. The maximum absolute atomic E-state index is 12.6. The van der Waals surface area contributed by atoms with Crippen molar-refractivity contribution >= 4 is 11.9 Å². The van der Waals surface area contributed by atoms with Gasteiger partial charge in [-0.2, -0.15) is 0 Å². The van der Waals surface area contributed by atoms with Crippen LogP contribution in [0.15, 0.2) is 48.6 Å². The number of aliphatic carboxylic acids is 1. The van der Waals surface area contributed by atoms with Crippen molar-refractivity contribution in [3.63, 3.8) is 0 Å². The molecular formula is C40H70O4. The molecule has 4 heteroatoms. The van der Waals surface area contributed by atoms with Gasteiger partial charge < -0.3 is 9.84 Å². The standard InChI is InChI=1S/C40H70O4/c1-3-5-7-9-11-13-15-16-17-18-20-21-23-26-30-34-38(35-31-27-25-28-32-36-39(41)42)44-40(43)37-33-29-24-22-19-14-12-10-8-6-4-2/h5,7,11,13,16-17,20-21,38H,3-4,6,8-10,12,14-15,18-19,22-37H2,1-2H3,(H,41,42)/b7-5-,13-11-,17-16-,21-20-. The van der Waals surface area contributed by atoms with Gasteiger partial charge in [-0.15, -0.1) is 0 Å². The van der Waals surface area contributed by atoms with Crippen LogP contribution in [-0.4, -0.2) is 23.1 Å². The minimum atomic E-state index is -0.708. The zero-order valence-electron chi connectivity index (χ0n) is 29.0. The number of carboxylic acid groups (broad SMARTS) is 1. The molecule has 1 N–H and O–H groups in total. The predicted molar refractivity (Wildman–Crippen MR) is 190 cm³/mol. The quantitative estimate of drug-likeness (QED) is 0.0454. The Morgan fingerprint density at radius 1 is 0.523 bits per heavy atom. The number of carbonyl (C=O) groups excluding carboxylic acids is 1. The number of carbonyl (C=O) groups is 2. The molecule has 0 saturated carbocycles. The Labute approximate surface area is 272 Å². The number of ether oxygens (including phenoxy) is 1. The number of hydrogen-bond donors (Lipinski definition) is 1. The molecule has 254 valence electrons. The molecule has 0 aliphatic carbocycles. The Kier molecular flexibility index (Phi) is 33.7. The first-order valence-electron chi connectivity index (χ1n) is 18.6. The van der Waals surface area contributed by atoms with Crippen LogP contribution < -0.4 is 0 Å². The van der Waals surface area contributed by atoms with E-state index in [1.54, 1.807) is 0 Å². The van der Waals surface area contributed by atoms with E-state index in [0.717, 1.165) is 103 Å². The Hall–Kier alpha value is -2.10. The highest BCUT2D eigenvalue weighted by atomic mass is 16.5. The lowest BCUT2D eigenvalue weighted by Crippen LogP contribution is -2.18. The minimum Gasteiger partial charge on any atom is -0.481 e. The van der Waals surface area contributed by atoms with Crippen LogP contribution in [0.2, 0.25) is 0 Å². The Balaban J connectivity index is 4.18. The van der Waals surface area contributed by atoms with Gasteiger partial charge in [-0.3, -0.25) is 9.59 Å². The summed E-state index contributed by atoms with van der Waals surface area (Å²) in [4.78, 5) is 23.3. The van der Waals surface area contributed by atoms with Gasteiger partial charge in [0.2, 0.25) is 0 Å². The highest BCUT2D eigenvalue weighted by Crippen LogP contribution is 2.18. The lowest BCUT2D eigenvalue weighted by molar-refractivity contribution is -0.150. The number of rotatable bonds is 33. The molecule has 4 nitrogen and oxygen atoms in total. The van der Waals surface area contributed by atoms with Gasteiger partial charge >= 0.3 is 11.9 Å². The van der Waals surface area contributed by atoms with E-state index in [9.17, 15) is 9.59 Å². The number of unbranched alkanes of at least 4 members (excludes halogenated alkanes) is 16. The van der Waals surface area contributed by atoms with Gasteiger partial charge in [0.05, 0.1) is 0 Å². The number of hydrogen-bond acceptors (Lipinski definition) is 3. The summed E-state index contributed by atoms with van der Waals surface area (Å²) in [5.74, 6) is -0.730. The van der Waals surface area contributed by atoms with Crippen LogP contribution in [0.5, 0.6) is 0 Å². The van der Waals surface area contributed by atoms with Crippen LogP contribution in [0.3, 0.4) is 0 Å². The van der Waals surface area contributed by atoms with Gasteiger partial charge in [0.1, 0.15) is 6.10 Å². The monoisotopic (exact) mass is 615 g/mol. The van der Waals surface area contributed by atoms with Gasteiger partial charge in [-0.1, -0.05) is 146 Å². The van der Waals surface area contributed by atoms with Crippen LogP contribution in [-0.2, 0) is 14.3 Å². The lowest BCUT2D eigenvalue weighted by atomic mass is 10.0. The van der Waals surface area contributed by atoms with Gasteiger partial charge in [0.25, 0.3) is 0 Å². The molecule has 0 bridgehead atoms. The zero-order valence-corrected chi connectivity index (χ0v) is 29.0. The Morgan fingerprint density at radius 2 is 0.955 bits per heavy atom. The molecule has 0 fully saturated rings. The zero-order chi connectivity index (χ0) is 32.2. The van der Waals surface area contributed by atoms with Crippen molar-refractivity contribution in [1.82, 2.24) is 0 Å². The van der Waals surface area contributed by atoms with Crippen molar-refractivity contribution in [3.8, 4) is 0 Å². The first-order chi connectivity index (χ1) is 21.6. The molecule has 1 atom stereocenters. The van der Waals surface area contributed by atoms with Crippen molar-refractivity contribution < 1.29 is 19.4 Å². The molecule has 0 rings (SSSR count). The van der Waals surface area contributed by atoms with Gasteiger partial charge in [-0.05, 0) is 77.0 Å². The predicted octanol–water partition coefficient (Wildman–Crippen LogP) is 12.8. The second-order valence-corrected chi connectivity index (χ2v) is 12.4. The fraction of sp³-hybridized carbons (Fsp3) is 0.750. The lowest BCUT2D eigenvalue weighted by Gasteiger charge is -2.18. The third-order valence-electron chi connectivity index (χ3n) is 8.07. The molecule has 0 saturated heterocycles. The van der Waals surface area contributed by atoms with Crippen LogP contribution >= 0.6 is 0 Å². The maximum atomic E-state index is 12.6. The van der Waals surface area contributed by atoms with Crippen molar-refractivity contribution in [2.75, 3.05) is 0 Å². The molecule has 1 unspecified atom stereocenters. The van der Waals surface area contributed by atoms with Crippen molar-refractivity contribution in [1.29, 1.82) is 0 Å². The Morgan fingerprint density at radius 3 is 1.48 bits per heavy atom. The smallest absolute Gasteiger partial charge is 0.306 e. The average molecular weight is 615 g/mol. The molecule has 0 amide bonds. The average Bonchev–Trinajstić information content (AvgIpc) is 3.00. The fourth-order valence-corrected chi connectivity index (χ4v) is 5.35. The van der Waals surface area contributed by atoms with Crippen LogP contribution in [0, 0.1) is 0 Å². The molecule has 0 aliphatic rings. The van der Waals surface area contributed by atoms with Crippen LogP contribution in [0.25, 0.3) is 0 Å². The van der Waals surface area contributed by atoms with Crippen LogP contribution in [0.1, 0.15) is 187 Å². The highest BCUT2D eigenvalue weighted by molar-refractivity contribution is 5.69. The summed E-state index contributed by atoms with van der Waals surface area (Å²) < 4.78 is 5.97. The third-order valence-corrected chi connectivity index (χ3v) is 8.07. The van der Waals surface area contributed by atoms with E-state index in [1.807, 2.05) is 0 Å². The molecule has 0 spiro atoms. The first kappa shape index (κ1) is 41.9. The van der Waals surface area contributed by atoms with E-state index >= 15 is 0 Å². The van der Waals surface area contributed by atoms with Gasteiger partial charge in [-0.25, -0.2) is 0 Å². The summed E-state index contributed by atoms with van der Waals surface area (Å²) >= 11 is 0. The van der Waals surface area contributed by atoms with Crippen molar-refractivity contribution in [3.05, 3.63) is 48.6 Å². The van der Waals surface area contributed by atoms with Gasteiger partial charge in [0, 0.05) is 12.8 Å². The molecule has 0 heterocycles. The van der Waals surface area contributed by atoms with Crippen molar-refractivity contribution in [2.24, 2.45) is 0 Å². The summed E-state index contributed by atoms with van der Waals surface area (Å²) in [6.07, 6.45) is 46.9. The number of carboxylic acids is 1. The highest BCUT2D eigenvalue weighted by Gasteiger charge is 2.14. The summed E-state index contributed by atoms with van der Waals surface area (Å²) in [6.45, 7) is 4.42. The van der Waals surface area contributed by atoms with E-state index < -0.39 is 5.97 Å². The maximum Gasteiger partial charge on any atom is 0.306 e. The topological polar surface area (TPSA) is 63.6 Å². The number of esters is 1. The summed E-state index contributed by atoms with van der Waals surface area (Å²) in [5, 5.41) is 8.80. The van der Waals surface area contributed by atoms with E-state index in [1.165, 1.54) is 57.8 Å². The molecule has 0 radical (unpaired) electrons. The molecule has 0 aliphatic heterocycles. The molecule has 0 aromatic heterocycles. The molecule has 0 aromatic carbocycles. The number of allylic oxidation sites excluding steroid dienone is 8. The Bertz CT molecular complexity index is 748. The summed E-state index contributed by atoms with van der Waals surface area (Å²) in [6, 6.07) is 0. The minimum absolute atomic E-state index is 0.0201. The largest absolute Gasteiger partial charge is 0.481 e. The third kappa shape index (κ3) is 34.4. The van der Waals surface area contributed by atoms with E-state index in [0.29, 0.717) is 6.42 Å². The molecular weight excluding hydrogens is 544 g/mol. The van der Waals surface area contributed by atoms with Crippen LogP contribution in [0.4, 0.5) is 0 Å². The summed E-state index contributed by atoms with van der Waals surface area (Å²) in [5.41, 5.74) is 0. The normalized spacial score (nSPS) is 12.8. The second kappa shape index (κ2) is 35.4. The van der Waals surface area contributed by atoms with E-state index in [-0.39, 0.29) is 18.5 Å². The SMILES string of the molecule is CC/C=C\C/C=C\C/C=C\C/C=C\CCCCC(CCCCCCCC(=O)O)OC(=O)CCCCCCCCCCCCC. The molecule has 0 aromatic rings. The fourth-order valence-electron chi connectivity index (χ4n) is 5.35.